The number of pyridine rings is 1. The number of carbonyl (C=O) groups excluding carboxylic acids is 1. The average molecular weight is 548 g/mol. The number of hydrogen-bond acceptors (Lipinski definition) is 7. The van der Waals surface area contributed by atoms with E-state index in [1.54, 1.807) is 35.6 Å². The highest BCUT2D eigenvalue weighted by molar-refractivity contribution is 5.78. The van der Waals surface area contributed by atoms with E-state index < -0.39 is 17.7 Å². The van der Waals surface area contributed by atoms with Gasteiger partial charge >= 0.3 is 0 Å². The number of benzene rings is 1. The summed E-state index contributed by atoms with van der Waals surface area (Å²) in [5.74, 6) is -0.966. The molecule has 1 aliphatic carbocycles. The zero-order valence-corrected chi connectivity index (χ0v) is 22.1. The van der Waals surface area contributed by atoms with Gasteiger partial charge in [0.25, 0.3) is 0 Å². The Bertz CT molecular complexity index is 1540. The first kappa shape index (κ1) is 26.3. The molecule has 0 radical (unpaired) electrons. The van der Waals surface area contributed by atoms with Crippen LogP contribution < -0.4 is 11.1 Å². The first-order chi connectivity index (χ1) is 19.3. The molecule has 0 spiro atoms. The predicted octanol–water partition coefficient (Wildman–Crippen LogP) is 4.14. The molecular formula is C29H31F2N7O2. The number of likely N-dealkylation sites (tertiary alicyclic amines) is 1. The number of nitrogens with two attached hydrogens (primary N) is 1. The highest BCUT2D eigenvalue weighted by Gasteiger charge is 2.34. The van der Waals surface area contributed by atoms with Crippen LogP contribution in [0.5, 0.6) is 0 Å². The third kappa shape index (κ3) is 4.90. The smallest absolute Gasteiger partial charge is 0.229 e. The number of nitrogens with one attached hydrogen (secondary N) is 1. The van der Waals surface area contributed by atoms with Crippen LogP contribution in [-0.2, 0) is 11.3 Å². The molecule has 4 atom stereocenters. The summed E-state index contributed by atoms with van der Waals surface area (Å²) in [5, 5.41) is 18.1. The van der Waals surface area contributed by atoms with Gasteiger partial charge in [0.2, 0.25) is 11.9 Å². The van der Waals surface area contributed by atoms with Gasteiger partial charge in [0.15, 0.2) is 0 Å². The summed E-state index contributed by atoms with van der Waals surface area (Å²) in [5.41, 5.74) is 8.84. The molecule has 1 saturated heterocycles. The van der Waals surface area contributed by atoms with Crippen molar-refractivity contribution in [3.63, 3.8) is 0 Å². The summed E-state index contributed by atoms with van der Waals surface area (Å²) in [6.07, 6.45) is 7.13. The molecule has 9 nitrogen and oxygen atoms in total. The Morgan fingerprint density at radius 1 is 1.15 bits per heavy atom. The molecule has 1 aliphatic heterocycles. The van der Waals surface area contributed by atoms with E-state index in [1.807, 2.05) is 13.0 Å². The summed E-state index contributed by atoms with van der Waals surface area (Å²) in [6.45, 7) is 2.76. The Morgan fingerprint density at radius 3 is 2.67 bits per heavy atom. The second-order valence-corrected chi connectivity index (χ2v) is 10.9. The summed E-state index contributed by atoms with van der Waals surface area (Å²) < 4.78 is 32.0. The SMILES string of the molecule is C[C@H]1C[C@@H](c2ccncc2Nc2ncc3ccc(-c4c(F)cc(CN5CCCC5=O)cc4F)nn23)C[C@@H](N)[C@@H]1O. The molecule has 4 heterocycles. The highest BCUT2D eigenvalue weighted by Crippen LogP contribution is 2.39. The van der Waals surface area contributed by atoms with Gasteiger partial charge in [-0.15, -0.1) is 0 Å². The molecule has 2 aliphatic rings. The quantitative estimate of drug-likeness (QED) is 0.332. The molecule has 1 saturated carbocycles. The van der Waals surface area contributed by atoms with Crippen molar-refractivity contribution in [2.24, 2.45) is 11.7 Å². The summed E-state index contributed by atoms with van der Waals surface area (Å²) >= 11 is 0. The van der Waals surface area contributed by atoms with Crippen molar-refractivity contribution in [3.05, 3.63) is 71.7 Å². The van der Waals surface area contributed by atoms with Gasteiger partial charge in [-0.2, -0.15) is 9.61 Å². The molecule has 2 fully saturated rings. The zero-order valence-electron chi connectivity index (χ0n) is 22.1. The van der Waals surface area contributed by atoms with Gasteiger partial charge in [-0.1, -0.05) is 6.92 Å². The maximum Gasteiger partial charge on any atom is 0.229 e. The van der Waals surface area contributed by atoms with Gasteiger partial charge in [-0.05, 0) is 72.6 Å². The van der Waals surface area contributed by atoms with Gasteiger partial charge in [-0.3, -0.25) is 9.78 Å². The Morgan fingerprint density at radius 2 is 1.95 bits per heavy atom. The van der Waals surface area contributed by atoms with Crippen molar-refractivity contribution in [1.29, 1.82) is 0 Å². The van der Waals surface area contributed by atoms with E-state index in [9.17, 15) is 9.90 Å². The van der Waals surface area contributed by atoms with Crippen LogP contribution in [0.15, 0.2) is 48.9 Å². The van der Waals surface area contributed by atoms with Crippen molar-refractivity contribution >= 4 is 23.1 Å². The van der Waals surface area contributed by atoms with Crippen molar-refractivity contribution < 1.29 is 18.7 Å². The molecule has 1 amide bonds. The van der Waals surface area contributed by atoms with Crippen molar-refractivity contribution in [3.8, 4) is 11.3 Å². The number of carbonyl (C=O) groups is 1. The van der Waals surface area contributed by atoms with E-state index in [1.165, 1.54) is 16.6 Å². The molecule has 4 aromatic rings. The largest absolute Gasteiger partial charge is 0.391 e. The number of hydrogen-bond donors (Lipinski definition) is 3. The van der Waals surface area contributed by atoms with Crippen LogP contribution in [0.3, 0.4) is 0 Å². The molecule has 4 N–H and O–H groups in total. The number of imidazole rings is 1. The lowest BCUT2D eigenvalue weighted by Gasteiger charge is -2.36. The minimum Gasteiger partial charge on any atom is -0.391 e. The molecule has 40 heavy (non-hydrogen) atoms. The van der Waals surface area contributed by atoms with E-state index in [0.29, 0.717) is 36.4 Å². The van der Waals surface area contributed by atoms with Crippen molar-refractivity contribution in [2.75, 3.05) is 11.9 Å². The Hall–Kier alpha value is -3.96. The molecule has 3 aromatic heterocycles. The van der Waals surface area contributed by atoms with E-state index in [2.05, 4.69) is 20.4 Å². The normalized spacial score (nSPS) is 23.2. The van der Waals surface area contributed by atoms with E-state index in [-0.39, 0.29) is 41.6 Å². The second-order valence-electron chi connectivity index (χ2n) is 10.9. The third-order valence-electron chi connectivity index (χ3n) is 8.06. The van der Waals surface area contributed by atoms with Crippen LogP contribution in [-0.4, -0.2) is 54.2 Å². The van der Waals surface area contributed by atoms with Crippen LogP contribution in [0.25, 0.3) is 16.8 Å². The monoisotopic (exact) mass is 547 g/mol. The number of halogens is 2. The van der Waals surface area contributed by atoms with Crippen molar-refractivity contribution in [1.82, 2.24) is 24.5 Å². The number of anilines is 2. The molecule has 6 rings (SSSR count). The van der Waals surface area contributed by atoms with Crippen LogP contribution in [0.4, 0.5) is 20.4 Å². The Labute approximate surface area is 230 Å². The highest BCUT2D eigenvalue weighted by atomic mass is 19.1. The fraction of sp³-hybridized carbons (Fsp3) is 0.379. The summed E-state index contributed by atoms with van der Waals surface area (Å²) in [6, 6.07) is 7.38. The van der Waals surface area contributed by atoms with Gasteiger partial charge < -0.3 is 21.1 Å². The number of aromatic nitrogens is 4. The first-order valence-corrected chi connectivity index (χ1v) is 13.5. The van der Waals surface area contributed by atoms with Crippen LogP contribution in [0, 0.1) is 17.6 Å². The number of aliphatic hydroxyl groups is 1. The van der Waals surface area contributed by atoms with Gasteiger partial charge in [-0.25, -0.2) is 13.8 Å². The molecular weight excluding hydrogens is 516 g/mol. The molecule has 1 aromatic carbocycles. The standard InChI is InChI=1S/C29H31F2N7O2/c1-16-9-18(12-23(32)28(16)40)20-6-7-33-14-25(20)35-29-34-13-19-4-5-24(36-38(19)29)27-21(30)10-17(11-22(27)31)15-37-8-2-3-26(37)39/h4-7,10-11,13-14,16,18,23,28,40H,2-3,8-9,12,15,32H2,1H3,(H,34,35)/t16-,18+,23+,28+/m0/s1. The minimum absolute atomic E-state index is 0.00708. The maximum atomic E-state index is 15.2. The van der Waals surface area contributed by atoms with Crippen molar-refractivity contribution in [2.45, 2.75) is 57.2 Å². The van der Waals surface area contributed by atoms with E-state index in [4.69, 9.17) is 5.73 Å². The number of fused-ring (bicyclic) bond motifs is 1. The van der Waals surface area contributed by atoms with Crippen LogP contribution >= 0.6 is 0 Å². The molecule has 11 heteroatoms. The van der Waals surface area contributed by atoms with E-state index in [0.717, 1.165) is 24.1 Å². The Kier molecular flexibility index (Phi) is 6.93. The first-order valence-electron chi connectivity index (χ1n) is 13.5. The average Bonchev–Trinajstić information content (AvgIpc) is 3.52. The zero-order chi connectivity index (χ0) is 28.0. The lowest BCUT2D eigenvalue weighted by Crippen LogP contribution is -2.44. The Balaban J connectivity index is 1.30. The lowest BCUT2D eigenvalue weighted by molar-refractivity contribution is -0.128. The van der Waals surface area contributed by atoms with Crippen LogP contribution in [0.2, 0.25) is 0 Å². The molecule has 208 valence electrons. The number of nitrogens with zero attached hydrogens (tertiary/aromatic N) is 5. The maximum absolute atomic E-state index is 15.2. The number of amides is 1. The summed E-state index contributed by atoms with van der Waals surface area (Å²) in [7, 11) is 0. The minimum atomic E-state index is -0.748. The van der Waals surface area contributed by atoms with Gasteiger partial charge in [0.1, 0.15) is 11.6 Å². The number of aliphatic hydroxyl groups excluding tert-OH is 1. The number of rotatable bonds is 6. The molecule has 0 unspecified atom stereocenters. The van der Waals surface area contributed by atoms with Gasteiger partial charge in [0.05, 0.1) is 41.0 Å². The fourth-order valence-corrected chi connectivity index (χ4v) is 5.97. The molecule has 0 bridgehead atoms. The van der Waals surface area contributed by atoms with Crippen LogP contribution in [0.1, 0.15) is 49.7 Å². The predicted molar refractivity (Wildman–Crippen MR) is 146 cm³/mol. The summed E-state index contributed by atoms with van der Waals surface area (Å²) in [4.78, 5) is 22.3. The van der Waals surface area contributed by atoms with E-state index >= 15 is 8.78 Å². The van der Waals surface area contributed by atoms with Gasteiger partial charge in [0, 0.05) is 31.7 Å². The second kappa shape index (κ2) is 10.5. The topological polar surface area (TPSA) is 122 Å². The lowest BCUT2D eigenvalue weighted by atomic mass is 9.74. The fourth-order valence-electron chi connectivity index (χ4n) is 5.97. The third-order valence-corrected chi connectivity index (χ3v) is 8.06.